The summed E-state index contributed by atoms with van der Waals surface area (Å²) in [7, 11) is 0. The highest BCUT2D eigenvalue weighted by Crippen LogP contribution is 2.18. The Kier molecular flexibility index (Phi) is 5.30. The molecule has 0 aromatic carbocycles. The van der Waals surface area contributed by atoms with Gasteiger partial charge in [-0.25, -0.2) is 0 Å². The third-order valence-corrected chi connectivity index (χ3v) is 4.21. The first-order valence-corrected chi connectivity index (χ1v) is 8.39. The van der Waals surface area contributed by atoms with Crippen molar-refractivity contribution in [3.63, 3.8) is 0 Å². The molecule has 128 valence electrons. The maximum absolute atomic E-state index is 12.0. The summed E-state index contributed by atoms with van der Waals surface area (Å²) >= 11 is 0. The molecular formula is C17H22N4O3. The van der Waals surface area contributed by atoms with Crippen molar-refractivity contribution in [2.75, 3.05) is 6.54 Å². The number of hydrogen-bond acceptors (Lipinski definition) is 4. The van der Waals surface area contributed by atoms with Gasteiger partial charge in [-0.2, -0.15) is 5.10 Å². The largest absolute Gasteiger partial charge is 0.463 e. The quantitative estimate of drug-likeness (QED) is 0.756. The lowest BCUT2D eigenvalue weighted by Gasteiger charge is -2.22. The van der Waals surface area contributed by atoms with Gasteiger partial charge in [-0.3, -0.25) is 14.7 Å². The van der Waals surface area contributed by atoms with E-state index >= 15 is 0 Å². The molecular weight excluding hydrogens is 308 g/mol. The van der Waals surface area contributed by atoms with E-state index in [0.29, 0.717) is 24.0 Å². The fraction of sp³-hybridized carbons (Fsp3) is 0.471. The molecule has 1 fully saturated rings. The zero-order valence-electron chi connectivity index (χ0n) is 13.5. The summed E-state index contributed by atoms with van der Waals surface area (Å²) in [5.74, 6) is 0.295. The lowest BCUT2D eigenvalue weighted by atomic mass is 9.95. The van der Waals surface area contributed by atoms with Crippen molar-refractivity contribution in [3.05, 3.63) is 30.2 Å². The number of nitrogens with zero attached hydrogens (tertiary/aromatic N) is 1. The van der Waals surface area contributed by atoms with Crippen molar-refractivity contribution in [1.82, 2.24) is 20.8 Å². The van der Waals surface area contributed by atoms with E-state index in [4.69, 9.17) is 4.42 Å². The number of rotatable bonds is 6. The number of furan rings is 1. The SMILES string of the molecule is O=C(CCNC(=O)c1cc(-c2ccco2)[nH]n1)NC1CCCCC1. The third-order valence-electron chi connectivity index (χ3n) is 4.21. The van der Waals surface area contributed by atoms with Crippen LogP contribution in [0.5, 0.6) is 0 Å². The van der Waals surface area contributed by atoms with Crippen LogP contribution >= 0.6 is 0 Å². The lowest BCUT2D eigenvalue weighted by molar-refractivity contribution is -0.121. The Balaban J connectivity index is 1.41. The highest BCUT2D eigenvalue weighted by atomic mass is 16.3. The molecule has 0 saturated heterocycles. The molecule has 0 bridgehead atoms. The second kappa shape index (κ2) is 7.81. The number of hydrogen-bond donors (Lipinski definition) is 3. The van der Waals surface area contributed by atoms with E-state index in [-0.39, 0.29) is 23.9 Å². The smallest absolute Gasteiger partial charge is 0.271 e. The molecule has 3 rings (SSSR count). The third kappa shape index (κ3) is 4.24. The molecule has 2 aromatic rings. The van der Waals surface area contributed by atoms with Gasteiger partial charge in [0.25, 0.3) is 5.91 Å². The summed E-state index contributed by atoms with van der Waals surface area (Å²) in [6, 6.07) is 5.46. The van der Waals surface area contributed by atoms with Crippen molar-refractivity contribution in [2.45, 2.75) is 44.6 Å². The zero-order chi connectivity index (χ0) is 16.8. The average molecular weight is 330 g/mol. The Morgan fingerprint density at radius 3 is 2.88 bits per heavy atom. The molecule has 2 aromatic heterocycles. The second-order valence-electron chi connectivity index (χ2n) is 6.05. The van der Waals surface area contributed by atoms with Crippen LogP contribution < -0.4 is 10.6 Å². The van der Waals surface area contributed by atoms with Gasteiger partial charge in [0.15, 0.2) is 11.5 Å². The Hall–Kier alpha value is -2.57. The van der Waals surface area contributed by atoms with Crippen LogP contribution in [0.3, 0.4) is 0 Å². The zero-order valence-corrected chi connectivity index (χ0v) is 13.5. The maximum atomic E-state index is 12.0. The van der Waals surface area contributed by atoms with E-state index in [9.17, 15) is 9.59 Å². The van der Waals surface area contributed by atoms with E-state index in [1.807, 2.05) is 0 Å². The fourth-order valence-corrected chi connectivity index (χ4v) is 2.92. The summed E-state index contributed by atoms with van der Waals surface area (Å²) in [5, 5.41) is 12.5. The summed E-state index contributed by atoms with van der Waals surface area (Å²) in [6.07, 6.45) is 7.56. The monoisotopic (exact) mass is 330 g/mol. The minimum absolute atomic E-state index is 0.0134. The number of amides is 2. The molecule has 2 amide bonds. The van der Waals surface area contributed by atoms with Crippen LogP contribution in [-0.4, -0.2) is 34.6 Å². The molecule has 1 aliphatic rings. The maximum Gasteiger partial charge on any atom is 0.271 e. The minimum atomic E-state index is -0.311. The van der Waals surface area contributed by atoms with Crippen LogP contribution in [0.15, 0.2) is 28.9 Å². The molecule has 0 unspecified atom stereocenters. The van der Waals surface area contributed by atoms with Gasteiger partial charge in [-0.05, 0) is 25.0 Å². The number of carbonyl (C=O) groups excluding carboxylic acids is 2. The molecule has 1 aliphatic carbocycles. The second-order valence-corrected chi connectivity index (χ2v) is 6.05. The molecule has 3 N–H and O–H groups in total. The van der Waals surface area contributed by atoms with E-state index in [2.05, 4.69) is 20.8 Å². The molecule has 7 heteroatoms. The number of H-pyrrole nitrogens is 1. The van der Waals surface area contributed by atoms with Gasteiger partial charge in [0, 0.05) is 25.1 Å². The Labute approximate surface area is 140 Å². The molecule has 0 radical (unpaired) electrons. The van der Waals surface area contributed by atoms with Crippen LogP contribution in [0.1, 0.15) is 49.0 Å². The van der Waals surface area contributed by atoms with Crippen molar-refractivity contribution in [3.8, 4) is 11.5 Å². The Bertz CT molecular complexity index is 672. The fourth-order valence-electron chi connectivity index (χ4n) is 2.92. The average Bonchev–Trinajstić information content (AvgIpc) is 3.27. The van der Waals surface area contributed by atoms with Crippen LogP contribution in [0.4, 0.5) is 0 Å². The van der Waals surface area contributed by atoms with Crippen LogP contribution in [-0.2, 0) is 4.79 Å². The normalized spacial score (nSPS) is 15.2. The van der Waals surface area contributed by atoms with Gasteiger partial charge in [0.05, 0.1) is 6.26 Å². The van der Waals surface area contributed by atoms with Gasteiger partial charge in [0.1, 0.15) is 5.69 Å². The molecule has 0 aliphatic heterocycles. The molecule has 24 heavy (non-hydrogen) atoms. The van der Waals surface area contributed by atoms with E-state index < -0.39 is 0 Å². The molecule has 0 spiro atoms. The predicted octanol–water partition coefficient (Wildman–Crippen LogP) is 2.24. The highest BCUT2D eigenvalue weighted by Gasteiger charge is 2.16. The van der Waals surface area contributed by atoms with Crippen molar-refractivity contribution in [1.29, 1.82) is 0 Å². The summed E-state index contributed by atoms with van der Waals surface area (Å²) in [6.45, 7) is 0.292. The van der Waals surface area contributed by atoms with Gasteiger partial charge < -0.3 is 15.1 Å². The number of nitrogens with one attached hydrogen (secondary N) is 3. The summed E-state index contributed by atoms with van der Waals surface area (Å²) in [5.41, 5.74) is 0.911. The van der Waals surface area contributed by atoms with Gasteiger partial charge in [0.2, 0.25) is 5.91 Å². The van der Waals surface area contributed by atoms with Crippen molar-refractivity contribution < 1.29 is 14.0 Å². The first-order chi connectivity index (χ1) is 11.7. The van der Waals surface area contributed by atoms with Gasteiger partial charge in [-0.1, -0.05) is 19.3 Å². The summed E-state index contributed by atoms with van der Waals surface area (Å²) < 4.78 is 5.24. The number of carbonyl (C=O) groups is 2. The summed E-state index contributed by atoms with van der Waals surface area (Å²) in [4.78, 5) is 23.9. The standard InChI is InChI=1S/C17H22N4O3/c22-16(19-12-5-2-1-3-6-12)8-9-18-17(23)14-11-13(20-21-14)15-7-4-10-24-15/h4,7,10-12H,1-3,5-6,8-9H2,(H,18,23)(H,19,22)(H,20,21). The van der Waals surface area contributed by atoms with Crippen LogP contribution in [0.2, 0.25) is 0 Å². The topological polar surface area (TPSA) is 100 Å². The Morgan fingerprint density at radius 2 is 2.12 bits per heavy atom. The van der Waals surface area contributed by atoms with Gasteiger partial charge >= 0.3 is 0 Å². The number of aromatic amines is 1. The molecule has 2 heterocycles. The van der Waals surface area contributed by atoms with Crippen LogP contribution in [0, 0.1) is 0 Å². The van der Waals surface area contributed by atoms with Crippen molar-refractivity contribution in [2.24, 2.45) is 0 Å². The Morgan fingerprint density at radius 1 is 1.29 bits per heavy atom. The number of aromatic nitrogens is 2. The van der Waals surface area contributed by atoms with E-state index in [0.717, 1.165) is 12.8 Å². The highest BCUT2D eigenvalue weighted by molar-refractivity contribution is 5.93. The first kappa shape index (κ1) is 16.3. The van der Waals surface area contributed by atoms with E-state index in [1.54, 1.807) is 24.5 Å². The molecule has 1 saturated carbocycles. The van der Waals surface area contributed by atoms with Crippen LogP contribution in [0.25, 0.3) is 11.5 Å². The molecule has 7 nitrogen and oxygen atoms in total. The van der Waals surface area contributed by atoms with E-state index in [1.165, 1.54) is 19.3 Å². The van der Waals surface area contributed by atoms with Gasteiger partial charge in [-0.15, -0.1) is 0 Å². The lowest BCUT2D eigenvalue weighted by Crippen LogP contribution is -2.38. The van der Waals surface area contributed by atoms with Crippen molar-refractivity contribution >= 4 is 11.8 Å². The molecule has 0 atom stereocenters. The first-order valence-electron chi connectivity index (χ1n) is 8.39. The minimum Gasteiger partial charge on any atom is -0.463 e. The predicted molar refractivity (Wildman–Crippen MR) is 88.3 cm³/mol.